The average molecular weight is 532 g/mol. The van der Waals surface area contributed by atoms with Gasteiger partial charge in [0, 0.05) is 5.02 Å². The lowest BCUT2D eigenvalue weighted by atomic mass is 10.2. The second kappa shape index (κ2) is 12.3. The van der Waals surface area contributed by atoms with Crippen LogP contribution in [0.4, 0.5) is 5.69 Å². The van der Waals surface area contributed by atoms with Crippen LogP contribution in [0.3, 0.4) is 0 Å². The zero-order chi connectivity index (χ0) is 26.1. The Hall–Kier alpha value is -3.76. The molecule has 0 aromatic heterocycles. The zero-order valence-electron chi connectivity index (χ0n) is 20.0. The molecule has 11 heteroatoms. The Morgan fingerprint density at radius 3 is 2.36 bits per heavy atom. The number of hydrogen-bond acceptors (Lipinski definition) is 7. The monoisotopic (exact) mass is 531 g/mol. The van der Waals surface area contributed by atoms with Gasteiger partial charge in [0.15, 0.2) is 11.5 Å². The van der Waals surface area contributed by atoms with Crippen molar-refractivity contribution in [2.75, 3.05) is 31.3 Å². The lowest BCUT2D eigenvalue weighted by molar-refractivity contribution is -0.119. The first kappa shape index (κ1) is 26.8. The summed E-state index contributed by atoms with van der Waals surface area (Å²) in [6.07, 6.45) is 2.39. The molecule has 0 aliphatic heterocycles. The molecule has 0 aliphatic carbocycles. The van der Waals surface area contributed by atoms with Gasteiger partial charge < -0.3 is 14.2 Å². The maximum atomic E-state index is 12.5. The number of carbonyl (C=O) groups excluding carboxylic acids is 1. The number of ether oxygens (including phenoxy) is 3. The number of amides is 1. The molecule has 0 bridgehead atoms. The van der Waals surface area contributed by atoms with E-state index in [4.69, 9.17) is 25.8 Å². The standard InChI is InChI=1S/C25H26ClN3O6S/c1-33-22-12-10-20(26)14-21(22)29(36(3,31)32)16-25(30)28-27-15-19-9-11-23(24(13-19)34-2)35-17-18-7-5-4-6-8-18/h4-15H,16-17H2,1-3H3,(H,28,30)/b27-15-. The Kier molecular flexibility index (Phi) is 9.15. The lowest BCUT2D eigenvalue weighted by Gasteiger charge is -2.23. The molecule has 0 fully saturated rings. The summed E-state index contributed by atoms with van der Waals surface area (Å²) < 4.78 is 42.1. The molecular weight excluding hydrogens is 506 g/mol. The zero-order valence-corrected chi connectivity index (χ0v) is 21.5. The van der Waals surface area contributed by atoms with Gasteiger partial charge in [0.1, 0.15) is 18.9 Å². The third-order valence-corrected chi connectivity index (χ3v) is 6.29. The number of carbonyl (C=O) groups is 1. The normalized spacial score (nSPS) is 11.2. The molecule has 36 heavy (non-hydrogen) atoms. The molecule has 3 aromatic carbocycles. The first-order valence-electron chi connectivity index (χ1n) is 10.7. The number of methoxy groups -OCH3 is 2. The quantitative estimate of drug-likeness (QED) is 0.297. The number of rotatable bonds is 11. The SMILES string of the molecule is COc1cc(/C=N\NC(=O)CN(c2cc(Cl)ccc2OC)S(C)(=O)=O)ccc1OCc1ccccc1. The fourth-order valence-electron chi connectivity index (χ4n) is 3.20. The Morgan fingerprint density at radius 2 is 1.69 bits per heavy atom. The van der Waals surface area contributed by atoms with Crippen molar-refractivity contribution < 1.29 is 27.4 Å². The smallest absolute Gasteiger partial charge is 0.260 e. The molecule has 0 aliphatic rings. The van der Waals surface area contributed by atoms with Gasteiger partial charge in [-0.3, -0.25) is 9.10 Å². The van der Waals surface area contributed by atoms with Gasteiger partial charge in [-0.1, -0.05) is 41.9 Å². The molecular formula is C25H26ClN3O6S. The number of nitrogens with one attached hydrogen (secondary N) is 1. The highest BCUT2D eigenvalue weighted by Crippen LogP contribution is 2.32. The van der Waals surface area contributed by atoms with Crippen molar-refractivity contribution in [3.8, 4) is 17.2 Å². The molecule has 3 rings (SSSR count). The summed E-state index contributed by atoms with van der Waals surface area (Å²) >= 11 is 6.02. The third-order valence-electron chi connectivity index (χ3n) is 4.92. The van der Waals surface area contributed by atoms with Crippen LogP contribution in [0.2, 0.25) is 5.02 Å². The third kappa shape index (κ3) is 7.37. The van der Waals surface area contributed by atoms with Crippen LogP contribution in [0.5, 0.6) is 17.2 Å². The number of benzene rings is 3. The summed E-state index contributed by atoms with van der Waals surface area (Å²) in [5.41, 5.74) is 4.13. The number of halogens is 1. The van der Waals surface area contributed by atoms with Gasteiger partial charge in [0.2, 0.25) is 10.0 Å². The summed E-state index contributed by atoms with van der Waals surface area (Å²) in [5.74, 6) is 0.649. The van der Waals surface area contributed by atoms with Crippen LogP contribution in [0.1, 0.15) is 11.1 Å². The van der Waals surface area contributed by atoms with Crippen LogP contribution >= 0.6 is 11.6 Å². The summed E-state index contributed by atoms with van der Waals surface area (Å²) in [7, 11) is -0.910. The number of sulfonamides is 1. The molecule has 9 nitrogen and oxygen atoms in total. The van der Waals surface area contributed by atoms with Crippen LogP contribution in [-0.4, -0.2) is 47.6 Å². The summed E-state index contributed by atoms with van der Waals surface area (Å²) in [6, 6.07) is 19.4. The molecule has 1 amide bonds. The average Bonchev–Trinajstić information content (AvgIpc) is 2.86. The highest BCUT2D eigenvalue weighted by molar-refractivity contribution is 7.92. The molecule has 0 heterocycles. The van der Waals surface area contributed by atoms with E-state index < -0.39 is 22.5 Å². The molecule has 0 saturated heterocycles. The fraction of sp³-hybridized carbons (Fsp3) is 0.200. The molecule has 3 aromatic rings. The van der Waals surface area contributed by atoms with Crippen molar-refractivity contribution in [2.24, 2.45) is 5.10 Å². The first-order chi connectivity index (χ1) is 17.2. The fourth-order valence-corrected chi connectivity index (χ4v) is 4.22. The Balaban J connectivity index is 1.67. The van der Waals surface area contributed by atoms with E-state index in [1.54, 1.807) is 24.3 Å². The maximum absolute atomic E-state index is 12.5. The Morgan fingerprint density at radius 1 is 1.00 bits per heavy atom. The van der Waals surface area contributed by atoms with Crippen LogP contribution in [0, 0.1) is 0 Å². The van der Waals surface area contributed by atoms with Crippen LogP contribution in [0.25, 0.3) is 0 Å². The van der Waals surface area contributed by atoms with Gasteiger partial charge in [-0.25, -0.2) is 13.8 Å². The van der Waals surface area contributed by atoms with E-state index in [1.807, 2.05) is 30.3 Å². The van der Waals surface area contributed by atoms with Crippen LogP contribution < -0.4 is 23.9 Å². The van der Waals surface area contributed by atoms with E-state index >= 15 is 0 Å². The molecule has 0 unspecified atom stereocenters. The second-order valence-electron chi connectivity index (χ2n) is 7.56. The summed E-state index contributed by atoms with van der Waals surface area (Å²) in [4.78, 5) is 12.5. The van der Waals surface area contributed by atoms with Gasteiger partial charge in [-0.2, -0.15) is 5.10 Å². The number of anilines is 1. The van der Waals surface area contributed by atoms with Gasteiger partial charge >= 0.3 is 0 Å². The maximum Gasteiger partial charge on any atom is 0.260 e. The summed E-state index contributed by atoms with van der Waals surface area (Å²) in [6.45, 7) is -0.141. The molecule has 1 N–H and O–H groups in total. The van der Waals surface area contributed by atoms with Gasteiger partial charge in [-0.15, -0.1) is 0 Å². The number of hydrazone groups is 1. The minimum absolute atomic E-state index is 0.141. The molecule has 0 saturated carbocycles. The largest absolute Gasteiger partial charge is 0.495 e. The van der Waals surface area contributed by atoms with Crippen LogP contribution in [0.15, 0.2) is 71.8 Å². The van der Waals surface area contributed by atoms with E-state index in [-0.39, 0.29) is 11.4 Å². The highest BCUT2D eigenvalue weighted by Gasteiger charge is 2.24. The second-order valence-corrected chi connectivity index (χ2v) is 9.91. The van der Waals surface area contributed by atoms with Gasteiger partial charge in [0.05, 0.1) is 32.4 Å². The highest BCUT2D eigenvalue weighted by atomic mass is 35.5. The van der Waals surface area contributed by atoms with Crippen molar-refractivity contribution in [3.63, 3.8) is 0 Å². The molecule has 190 valence electrons. The minimum atomic E-state index is -3.83. The number of nitrogens with zero attached hydrogens (tertiary/aromatic N) is 2. The molecule has 0 spiro atoms. The van der Waals surface area contributed by atoms with Crippen LogP contribution in [-0.2, 0) is 21.4 Å². The van der Waals surface area contributed by atoms with E-state index in [9.17, 15) is 13.2 Å². The van der Waals surface area contributed by atoms with Crippen molar-refractivity contribution in [3.05, 3.63) is 82.9 Å². The Labute approximate surface area is 215 Å². The summed E-state index contributed by atoms with van der Waals surface area (Å²) in [5, 5.41) is 4.22. The van der Waals surface area contributed by atoms with Crippen molar-refractivity contribution in [1.29, 1.82) is 0 Å². The topological polar surface area (TPSA) is 107 Å². The predicted molar refractivity (Wildman–Crippen MR) is 140 cm³/mol. The minimum Gasteiger partial charge on any atom is -0.495 e. The van der Waals surface area contributed by atoms with E-state index in [2.05, 4.69) is 10.5 Å². The van der Waals surface area contributed by atoms with Gasteiger partial charge in [-0.05, 0) is 47.5 Å². The number of hydrogen-bond donors (Lipinski definition) is 1. The Bertz CT molecular complexity index is 1330. The molecule has 0 radical (unpaired) electrons. The predicted octanol–water partition coefficient (Wildman–Crippen LogP) is 3.85. The first-order valence-corrected chi connectivity index (χ1v) is 12.9. The van der Waals surface area contributed by atoms with Crippen molar-refractivity contribution in [2.45, 2.75) is 6.61 Å². The van der Waals surface area contributed by atoms with E-state index in [1.165, 1.54) is 32.6 Å². The van der Waals surface area contributed by atoms with Crippen molar-refractivity contribution in [1.82, 2.24) is 5.43 Å². The lowest BCUT2D eigenvalue weighted by Crippen LogP contribution is -2.39. The van der Waals surface area contributed by atoms with Crippen molar-refractivity contribution >= 4 is 39.4 Å². The molecule has 0 atom stereocenters. The van der Waals surface area contributed by atoms with Gasteiger partial charge in [0.25, 0.3) is 5.91 Å². The van der Waals surface area contributed by atoms with E-state index in [0.717, 1.165) is 16.1 Å². The van der Waals surface area contributed by atoms with E-state index in [0.29, 0.717) is 28.7 Å².